The van der Waals surface area contributed by atoms with E-state index in [0.29, 0.717) is 12.1 Å². The fourth-order valence-corrected chi connectivity index (χ4v) is 3.67. The fraction of sp³-hybridized carbons (Fsp3) is 0. The number of nitro groups is 5. The van der Waals surface area contributed by atoms with Gasteiger partial charge in [-0.05, 0) is 12.1 Å². The van der Waals surface area contributed by atoms with Crippen LogP contribution in [0.4, 0.5) is 34.1 Å². The van der Waals surface area contributed by atoms with E-state index in [1.54, 1.807) is 0 Å². The molecule has 4 rings (SSSR count). The van der Waals surface area contributed by atoms with Crippen LogP contribution in [0.25, 0.3) is 11.1 Å². The van der Waals surface area contributed by atoms with Crippen molar-refractivity contribution in [3.05, 3.63) is 110 Å². The van der Waals surface area contributed by atoms with E-state index in [4.69, 9.17) is 0 Å². The molecular formula is C19H8N6O10. The zero-order chi connectivity index (χ0) is 25.6. The van der Waals surface area contributed by atoms with E-state index in [-0.39, 0.29) is 39.3 Å². The van der Waals surface area contributed by atoms with Gasteiger partial charge in [-0.1, -0.05) is 0 Å². The van der Waals surface area contributed by atoms with E-state index >= 15 is 0 Å². The predicted octanol–water partition coefficient (Wildman–Crippen LogP) is 4.38. The Morgan fingerprint density at radius 3 is 1.26 bits per heavy atom. The van der Waals surface area contributed by atoms with Crippen molar-refractivity contribution in [1.29, 1.82) is 0 Å². The van der Waals surface area contributed by atoms with E-state index in [9.17, 15) is 50.6 Å². The summed E-state index contributed by atoms with van der Waals surface area (Å²) in [6, 6.07) is 7.71. The number of non-ortho nitro benzene ring substituents is 3. The molecule has 1 aliphatic rings. The Labute approximate surface area is 191 Å². The van der Waals surface area contributed by atoms with Crippen LogP contribution in [0.2, 0.25) is 0 Å². The van der Waals surface area contributed by atoms with Gasteiger partial charge in [-0.15, -0.1) is 0 Å². The van der Waals surface area contributed by atoms with Crippen LogP contribution in [0.3, 0.4) is 0 Å². The number of nitrogens with zero attached hydrogens (tertiary/aromatic N) is 6. The second-order valence-electron chi connectivity index (χ2n) is 7.04. The van der Waals surface area contributed by atoms with Gasteiger partial charge in [0.1, 0.15) is 0 Å². The van der Waals surface area contributed by atoms with Crippen molar-refractivity contribution in [3.63, 3.8) is 0 Å². The number of hydrogen-bond acceptors (Lipinski definition) is 11. The van der Waals surface area contributed by atoms with E-state index in [1.165, 1.54) is 12.1 Å². The molecule has 35 heavy (non-hydrogen) atoms. The van der Waals surface area contributed by atoms with Gasteiger partial charge in [-0.25, -0.2) is 4.99 Å². The van der Waals surface area contributed by atoms with Crippen molar-refractivity contribution in [1.82, 2.24) is 0 Å². The van der Waals surface area contributed by atoms with Crippen LogP contribution in [0.5, 0.6) is 0 Å². The SMILES string of the molecule is O=[N+]([O-])c1ccc(N=C2c3cc([N+](=O)[O-])cc([N+](=O)[O-])c3-c3c2cc([N+](=O)[O-])cc3[N+](=O)[O-])cc1. The summed E-state index contributed by atoms with van der Waals surface area (Å²) in [7, 11) is 0. The molecule has 0 aliphatic heterocycles. The zero-order valence-corrected chi connectivity index (χ0v) is 16.9. The molecule has 0 unspecified atom stereocenters. The third-order valence-corrected chi connectivity index (χ3v) is 5.08. The van der Waals surface area contributed by atoms with Crippen LogP contribution in [0, 0.1) is 50.6 Å². The lowest BCUT2D eigenvalue weighted by Crippen LogP contribution is -2.02. The average Bonchev–Trinajstić information content (AvgIpc) is 3.11. The Bertz CT molecular complexity index is 1450. The first-order chi connectivity index (χ1) is 16.5. The van der Waals surface area contributed by atoms with Crippen molar-refractivity contribution in [2.75, 3.05) is 0 Å². The summed E-state index contributed by atoms with van der Waals surface area (Å²) in [5, 5.41) is 57.3. The number of aliphatic imine (C=N–C) groups is 1. The first kappa shape index (κ1) is 22.5. The first-order valence-electron chi connectivity index (χ1n) is 9.27. The lowest BCUT2D eigenvalue weighted by Gasteiger charge is -2.03. The Morgan fingerprint density at radius 2 is 0.914 bits per heavy atom. The number of nitro benzene ring substituents is 5. The van der Waals surface area contributed by atoms with E-state index in [2.05, 4.69) is 4.99 Å². The summed E-state index contributed by atoms with van der Waals surface area (Å²) in [5.41, 5.74) is -4.76. The van der Waals surface area contributed by atoms with E-state index < -0.39 is 47.4 Å². The molecule has 0 amide bonds. The van der Waals surface area contributed by atoms with Gasteiger partial charge in [-0.2, -0.15) is 0 Å². The van der Waals surface area contributed by atoms with Gasteiger partial charge in [0, 0.05) is 35.4 Å². The highest BCUT2D eigenvalue weighted by molar-refractivity contribution is 6.28. The standard InChI is InChI=1S/C19H8N6O10/c26-21(27)10-3-1-9(2-4-10)20-19-13-5-11(22(28)29)7-15(24(32)33)17(13)18-14(19)6-12(23(30)31)8-16(18)25(34)35/h1-8H. The molecule has 16 heteroatoms. The van der Waals surface area contributed by atoms with Crippen molar-refractivity contribution in [3.8, 4) is 11.1 Å². The molecule has 0 saturated carbocycles. The Morgan fingerprint density at radius 1 is 0.514 bits per heavy atom. The van der Waals surface area contributed by atoms with E-state index in [0.717, 1.165) is 24.3 Å². The first-order valence-corrected chi connectivity index (χ1v) is 9.27. The highest BCUT2D eigenvalue weighted by Crippen LogP contribution is 2.50. The second kappa shape index (κ2) is 8.03. The summed E-state index contributed by atoms with van der Waals surface area (Å²) >= 11 is 0. The van der Waals surface area contributed by atoms with Gasteiger partial charge in [0.05, 0.1) is 59.3 Å². The van der Waals surface area contributed by atoms with Crippen LogP contribution in [-0.2, 0) is 0 Å². The topological polar surface area (TPSA) is 228 Å². The Balaban J connectivity index is 2.14. The van der Waals surface area contributed by atoms with Crippen LogP contribution >= 0.6 is 0 Å². The monoisotopic (exact) mass is 480 g/mol. The number of fused-ring (bicyclic) bond motifs is 3. The molecule has 0 spiro atoms. The summed E-state index contributed by atoms with van der Waals surface area (Å²) in [6.45, 7) is 0. The predicted molar refractivity (Wildman–Crippen MR) is 117 cm³/mol. The van der Waals surface area contributed by atoms with Gasteiger partial charge in [0.2, 0.25) is 0 Å². The van der Waals surface area contributed by atoms with Crippen molar-refractivity contribution in [2.24, 2.45) is 4.99 Å². The van der Waals surface area contributed by atoms with Crippen molar-refractivity contribution in [2.45, 2.75) is 0 Å². The molecule has 0 bridgehead atoms. The molecule has 0 saturated heterocycles. The Hall–Kier alpha value is -5.67. The minimum Gasteiger partial charge on any atom is -0.258 e. The maximum atomic E-state index is 11.8. The summed E-state index contributed by atoms with van der Waals surface area (Å²) in [4.78, 5) is 57.1. The lowest BCUT2D eigenvalue weighted by atomic mass is 10.0. The van der Waals surface area contributed by atoms with Crippen molar-refractivity contribution >= 4 is 39.8 Å². The van der Waals surface area contributed by atoms with Gasteiger partial charge in [-0.3, -0.25) is 50.6 Å². The summed E-state index contributed by atoms with van der Waals surface area (Å²) < 4.78 is 0. The Kier molecular flexibility index (Phi) is 5.17. The van der Waals surface area contributed by atoms with Crippen LogP contribution in [0.1, 0.15) is 11.1 Å². The molecule has 0 aromatic heterocycles. The van der Waals surface area contributed by atoms with Gasteiger partial charge < -0.3 is 0 Å². The smallest absolute Gasteiger partial charge is 0.258 e. The van der Waals surface area contributed by atoms with Crippen LogP contribution < -0.4 is 0 Å². The lowest BCUT2D eigenvalue weighted by molar-refractivity contribution is -0.395. The molecule has 0 fully saturated rings. The van der Waals surface area contributed by atoms with Gasteiger partial charge in [0.15, 0.2) is 0 Å². The molecule has 0 radical (unpaired) electrons. The van der Waals surface area contributed by atoms with Crippen molar-refractivity contribution < 1.29 is 24.6 Å². The third kappa shape index (κ3) is 3.75. The fourth-order valence-electron chi connectivity index (χ4n) is 3.67. The largest absolute Gasteiger partial charge is 0.285 e. The molecular weight excluding hydrogens is 472 g/mol. The van der Waals surface area contributed by atoms with Gasteiger partial charge >= 0.3 is 0 Å². The molecule has 0 heterocycles. The second-order valence-corrected chi connectivity index (χ2v) is 7.04. The number of benzene rings is 3. The molecule has 3 aromatic carbocycles. The molecule has 174 valence electrons. The normalized spacial score (nSPS) is 11.4. The molecule has 0 N–H and O–H groups in total. The van der Waals surface area contributed by atoms with Crippen LogP contribution in [0.15, 0.2) is 53.5 Å². The average molecular weight is 480 g/mol. The maximum absolute atomic E-state index is 11.8. The highest BCUT2D eigenvalue weighted by atomic mass is 16.6. The van der Waals surface area contributed by atoms with E-state index in [1.807, 2.05) is 0 Å². The summed E-state index contributed by atoms with van der Waals surface area (Å²) in [6.07, 6.45) is 0. The minimum absolute atomic E-state index is 0.0488. The zero-order valence-electron chi connectivity index (χ0n) is 16.9. The third-order valence-electron chi connectivity index (χ3n) is 5.08. The number of rotatable bonds is 6. The molecule has 3 aromatic rings. The maximum Gasteiger partial charge on any atom is 0.285 e. The quantitative estimate of drug-likeness (QED) is 0.279. The molecule has 0 atom stereocenters. The minimum atomic E-state index is -0.963. The molecule has 1 aliphatic carbocycles. The van der Waals surface area contributed by atoms with Crippen LogP contribution in [-0.4, -0.2) is 30.3 Å². The number of hydrogen-bond donors (Lipinski definition) is 0. The summed E-state index contributed by atoms with van der Waals surface area (Å²) in [5.74, 6) is 0. The molecule has 16 nitrogen and oxygen atoms in total. The highest BCUT2D eigenvalue weighted by Gasteiger charge is 2.41. The van der Waals surface area contributed by atoms with Gasteiger partial charge in [0.25, 0.3) is 28.4 Å².